The van der Waals surface area contributed by atoms with Gasteiger partial charge in [0.25, 0.3) is 0 Å². The largest absolute Gasteiger partial charge is 0.246 e. The molecular formula is C12H12ClNS2. The Morgan fingerprint density at radius 1 is 1.31 bits per heavy atom. The minimum Gasteiger partial charge on any atom is -0.246 e. The molecule has 16 heavy (non-hydrogen) atoms. The summed E-state index contributed by atoms with van der Waals surface area (Å²) in [7, 11) is 0. The van der Waals surface area contributed by atoms with E-state index in [2.05, 4.69) is 34.6 Å². The van der Waals surface area contributed by atoms with Crippen LogP contribution in [0.25, 0.3) is 0 Å². The molecule has 2 aromatic rings. The van der Waals surface area contributed by atoms with Gasteiger partial charge in [-0.2, -0.15) is 0 Å². The monoisotopic (exact) mass is 269 g/mol. The molecule has 0 spiro atoms. The summed E-state index contributed by atoms with van der Waals surface area (Å²) in [4.78, 5) is 5.70. The maximum atomic E-state index is 5.74. The number of hydrogen-bond acceptors (Lipinski definition) is 3. The van der Waals surface area contributed by atoms with Crippen molar-refractivity contribution in [3.63, 3.8) is 0 Å². The minimum absolute atomic E-state index is 0.580. The van der Waals surface area contributed by atoms with Gasteiger partial charge in [-0.15, -0.1) is 34.7 Å². The predicted molar refractivity (Wildman–Crippen MR) is 72.4 cm³/mol. The van der Waals surface area contributed by atoms with Gasteiger partial charge in [-0.3, -0.25) is 0 Å². The molecule has 1 aromatic heterocycles. The van der Waals surface area contributed by atoms with Crippen LogP contribution in [0.3, 0.4) is 0 Å². The van der Waals surface area contributed by atoms with Crippen LogP contribution >= 0.6 is 34.7 Å². The van der Waals surface area contributed by atoms with Gasteiger partial charge in [0.2, 0.25) is 0 Å². The van der Waals surface area contributed by atoms with Gasteiger partial charge >= 0.3 is 0 Å². The van der Waals surface area contributed by atoms with Crippen LogP contribution in [0.4, 0.5) is 0 Å². The van der Waals surface area contributed by atoms with Crippen molar-refractivity contribution < 1.29 is 0 Å². The summed E-state index contributed by atoms with van der Waals surface area (Å²) in [5.41, 5.74) is 2.27. The van der Waals surface area contributed by atoms with Gasteiger partial charge in [-0.1, -0.05) is 12.1 Å². The molecule has 0 aliphatic carbocycles. The average molecular weight is 270 g/mol. The van der Waals surface area contributed by atoms with E-state index < -0.39 is 0 Å². The summed E-state index contributed by atoms with van der Waals surface area (Å²) in [6.45, 7) is 2.03. The first-order chi connectivity index (χ1) is 7.78. The fourth-order valence-corrected chi connectivity index (χ4v) is 3.16. The molecule has 0 aliphatic rings. The molecule has 0 N–H and O–H groups in total. The third-order valence-electron chi connectivity index (χ3n) is 2.11. The van der Waals surface area contributed by atoms with Crippen LogP contribution in [0.5, 0.6) is 0 Å². The number of alkyl halides is 1. The molecule has 0 fully saturated rings. The molecule has 0 amide bonds. The van der Waals surface area contributed by atoms with E-state index in [0.717, 1.165) is 17.0 Å². The predicted octanol–water partition coefficient (Wildman–Crippen LogP) is 4.48. The van der Waals surface area contributed by atoms with E-state index in [0.29, 0.717) is 5.88 Å². The number of aryl methyl sites for hydroxylation is 1. The lowest BCUT2D eigenvalue weighted by Gasteiger charge is -2.00. The second-order valence-corrected chi connectivity index (χ2v) is 5.71. The van der Waals surface area contributed by atoms with E-state index >= 15 is 0 Å². The first-order valence-electron chi connectivity index (χ1n) is 4.96. The first-order valence-corrected chi connectivity index (χ1v) is 7.36. The van der Waals surface area contributed by atoms with Crippen molar-refractivity contribution in [2.45, 2.75) is 23.5 Å². The standard InChI is InChI=1S/C12H12ClNS2/c1-9-7-16-12(14-9)8-15-11-4-2-10(6-13)3-5-11/h2-5,7H,6,8H2,1H3. The van der Waals surface area contributed by atoms with E-state index in [1.807, 2.05) is 18.7 Å². The number of thioether (sulfide) groups is 1. The van der Waals surface area contributed by atoms with Gasteiger partial charge in [0.05, 0.1) is 5.75 Å². The van der Waals surface area contributed by atoms with Crippen molar-refractivity contribution in [1.82, 2.24) is 4.98 Å². The van der Waals surface area contributed by atoms with Gasteiger partial charge in [-0.05, 0) is 24.6 Å². The summed E-state index contributed by atoms with van der Waals surface area (Å²) in [5.74, 6) is 1.52. The molecule has 84 valence electrons. The number of nitrogens with zero attached hydrogens (tertiary/aromatic N) is 1. The molecule has 2 rings (SSSR count). The molecular weight excluding hydrogens is 258 g/mol. The number of rotatable bonds is 4. The number of aromatic nitrogens is 1. The number of thiazole rings is 1. The SMILES string of the molecule is Cc1csc(CSc2ccc(CCl)cc2)n1. The van der Waals surface area contributed by atoms with Crippen molar-refractivity contribution >= 4 is 34.7 Å². The minimum atomic E-state index is 0.580. The smallest absolute Gasteiger partial charge is 0.103 e. The summed E-state index contributed by atoms with van der Waals surface area (Å²) < 4.78 is 0. The Bertz CT molecular complexity index is 450. The van der Waals surface area contributed by atoms with Crippen molar-refractivity contribution in [2.75, 3.05) is 0 Å². The lowest BCUT2D eigenvalue weighted by atomic mass is 10.2. The van der Waals surface area contributed by atoms with Crippen LogP contribution in [0.1, 0.15) is 16.3 Å². The van der Waals surface area contributed by atoms with Crippen molar-refractivity contribution in [2.24, 2.45) is 0 Å². The lowest BCUT2D eigenvalue weighted by Crippen LogP contribution is -1.81. The van der Waals surface area contributed by atoms with E-state index in [1.165, 1.54) is 9.90 Å². The summed E-state index contributed by atoms with van der Waals surface area (Å²) in [6.07, 6.45) is 0. The second-order valence-electron chi connectivity index (χ2n) is 3.45. The van der Waals surface area contributed by atoms with Crippen LogP contribution in [0.2, 0.25) is 0 Å². The topological polar surface area (TPSA) is 12.9 Å². The van der Waals surface area contributed by atoms with E-state index in [1.54, 1.807) is 11.3 Å². The highest BCUT2D eigenvalue weighted by molar-refractivity contribution is 7.98. The number of halogens is 1. The highest BCUT2D eigenvalue weighted by Gasteiger charge is 2.00. The normalized spacial score (nSPS) is 10.6. The molecule has 0 saturated carbocycles. The molecule has 0 unspecified atom stereocenters. The third-order valence-corrected chi connectivity index (χ3v) is 4.59. The molecule has 0 bridgehead atoms. The second kappa shape index (κ2) is 5.71. The van der Waals surface area contributed by atoms with E-state index in [-0.39, 0.29) is 0 Å². The van der Waals surface area contributed by atoms with Crippen LogP contribution in [-0.4, -0.2) is 4.98 Å². The number of hydrogen-bond donors (Lipinski definition) is 0. The molecule has 0 saturated heterocycles. The maximum Gasteiger partial charge on any atom is 0.103 e. The summed E-state index contributed by atoms with van der Waals surface area (Å²) in [6, 6.07) is 8.37. The van der Waals surface area contributed by atoms with Gasteiger partial charge in [0.1, 0.15) is 5.01 Å². The molecule has 0 atom stereocenters. The molecule has 0 aliphatic heterocycles. The Balaban J connectivity index is 1.94. The summed E-state index contributed by atoms with van der Waals surface area (Å²) >= 11 is 9.27. The third kappa shape index (κ3) is 3.24. The molecule has 0 radical (unpaired) electrons. The van der Waals surface area contributed by atoms with Gasteiger partial charge < -0.3 is 0 Å². The zero-order valence-electron chi connectivity index (χ0n) is 8.94. The summed E-state index contributed by atoms with van der Waals surface area (Å²) in [5, 5.41) is 3.27. The van der Waals surface area contributed by atoms with Crippen LogP contribution in [0, 0.1) is 6.92 Å². The molecule has 1 aromatic carbocycles. The fourth-order valence-electron chi connectivity index (χ4n) is 1.29. The first kappa shape index (κ1) is 12.0. The highest BCUT2D eigenvalue weighted by atomic mass is 35.5. The average Bonchev–Trinajstić information content (AvgIpc) is 2.73. The molecule has 4 heteroatoms. The van der Waals surface area contributed by atoms with Crippen LogP contribution < -0.4 is 0 Å². The van der Waals surface area contributed by atoms with E-state index in [9.17, 15) is 0 Å². The fraction of sp³-hybridized carbons (Fsp3) is 0.250. The van der Waals surface area contributed by atoms with Crippen LogP contribution in [-0.2, 0) is 11.6 Å². The van der Waals surface area contributed by atoms with Gasteiger partial charge in [-0.25, -0.2) is 4.98 Å². The Labute approximate surface area is 109 Å². The lowest BCUT2D eigenvalue weighted by molar-refractivity contribution is 1.18. The van der Waals surface area contributed by atoms with Crippen molar-refractivity contribution in [1.29, 1.82) is 0 Å². The Kier molecular flexibility index (Phi) is 4.27. The van der Waals surface area contributed by atoms with Crippen molar-refractivity contribution in [3.05, 3.63) is 45.9 Å². The highest BCUT2D eigenvalue weighted by Crippen LogP contribution is 2.24. The Hall–Kier alpha value is -0.510. The van der Waals surface area contributed by atoms with Gasteiger partial charge in [0.15, 0.2) is 0 Å². The Morgan fingerprint density at radius 3 is 2.62 bits per heavy atom. The Morgan fingerprint density at radius 2 is 2.06 bits per heavy atom. The molecule has 1 heterocycles. The van der Waals surface area contributed by atoms with Gasteiger partial charge in [0, 0.05) is 21.8 Å². The van der Waals surface area contributed by atoms with E-state index in [4.69, 9.17) is 11.6 Å². The van der Waals surface area contributed by atoms with Crippen LogP contribution in [0.15, 0.2) is 34.5 Å². The number of benzene rings is 1. The maximum absolute atomic E-state index is 5.74. The zero-order valence-corrected chi connectivity index (χ0v) is 11.3. The van der Waals surface area contributed by atoms with Crippen molar-refractivity contribution in [3.8, 4) is 0 Å². The zero-order chi connectivity index (χ0) is 11.4. The molecule has 1 nitrogen and oxygen atoms in total. The quantitative estimate of drug-likeness (QED) is 0.599.